The highest BCUT2D eigenvalue weighted by atomic mass is 35.5. The second-order valence-electron chi connectivity index (χ2n) is 7.54. The van der Waals surface area contributed by atoms with Crippen LogP contribution < -0.4 is 0 Å². The van der Waals surface area contributed by atoms with Crippen molar-refractivity contribution >= 4 is 17.4 Å². The van der Waals surface area contributed by atoms with Gasteiger partial charge in [-0.05, 0) is 43.6 Å². The minimum atomic E-state index is -1.96. The molecule has 2 rings (SSSR count). The molecule has 0 saturated heterocycles. The average Bonchev–Trinajstić information content (AvgIpc) is 2.61. The predicted molar refractivity (Wildman–Crippen MR) is 97.3 cm³/mol. The minimum Gasteiger partial charge on any atom is -0.493 e. The van der Waals surface area contributed by atoms with Crippen LogP contribution in [0.15, 0.2) is 34.6 Å². The Balaban J connectivity index is 2.29. The molecule has 6 atom stereocenters. The highest BCUT2D eigenvalue weighted by Crippen LogP contribution is 2.40. The van der Waals surface area contributed by atoms with Crippen LogP contribution in [0.25, 0.3) is 0 Å². The molecule has 4 N–H and O–H groups in total. The Hall–Kier alpha value is -1.18. The number of allylic oxidation sites excluding steroid dienone is 2. The normalized spacial score (nSPS) is 34.0. The molecule has 2 aliphatic rings. The van der Waals surface area contributed by atoms with Gasteiger partial charge in [-0.3, -0.25) is 4.79 Å². The Bertz CT molecular complexity index is 661. The number of aliphatic hydroxyl groups is 4. The molecular weight excluding hydrogens is 360 g/mol. The van der Waals surface area contributed by atoms with E-state index in [-0.39, 0.29) is 17.6 Å². The summed E-state index contributed by atoms with van der Waals surface area (Å²) in [6.07, 6.45) is 2.88. The minimum absolute atomic E-state index is 0.0301. The van der Waals surface area contributed by atoms with Gasteiger partial charge in [0.05, 0.1) is 17.7 Å². The van der Waals surface area contributed by atoms with E-state index in [9.17, 15) is 25.2 Å². The highest BCUT2D eigenvalue weighted by Gasteiger charge is 2.50. The third kappa shape index (κ3) is 3.75. The summed E-state index contributed by atoms with van der Waals surface area (Å²) in [6, 6.07) is 0. The Labute approximate surface area is 158 Å². The molecule has 146 valence electrons. The van der Waals surface area contributed by atoms with Gasteiger partial charge in [0.25, 0.3) is 0 Å². The topological polar surface area (TPSA) is 107 Å². The Morgan fingerprint density at radius 2 is 2.15 bits per heavy atom. The summed E-state index contributed by atoms with van der Waals surface area (Å²) in [5.41, 5.74) is -3.02. The number of hydrogen-bond donors (Lipinski definition) is 4. The van der Waals surface area contributed by atoms with Crippen molar-refractivity contribution in [3.63, 3.8) is 0 Å². The van der Waals surface area contributed by atoms with Gasteiger partial charge in [-0.15, -0.1) is 0 Å². The number of carbonyl (C=O) groups is 1. The van der Waals surface area contributed by atoms with Gasteiger partial charge in [0.15, 0.2) is 5.60 Å². The van der Waals surface area contributed by atoms with E-state index in [0.29, 0.717) is 17.8 Å². The zero-order valence-corrected chi connectivity index (χ0v) is 16.2. The predicted octanol–water partition coefficient (Wildman–Crippen LogP) is 1.42. The molecule has 1 aliphatic heterocycles. The molecule has 6 nitrogen and oxygen atoms in total. The van der Waals surface area contributed by atoms with Crippen LogP contribution in [0.1, 0.15) is 34.1 Å². The first kappa shape index (κ1) is 21.1. The Kier molecular flexibility index (Phi) is 6.05. The average molecular weight is 387 g/mol. The van der Waals surface area contributed by atoms with Crippen molar-refractivity contribution in [3.05, 3.63) is 34.6 Å². The second kappa shape index (κ2) is 7.44. The van der Waals surface area contributed by atoms with Crippen LogP contribution >= 0.6 is 11.6 Å². The zero-order valence-electron chi connectivity index (χ0n) is 15.4. The number of hydrogen-bond acceptors (Lipinski definition) is 6. The van der Waals surface area contributed by atoms with E-state index in [1.807, 2.05) is 13.8 Å². The molecule has 7 heteroatoms. The highest BCUT2D eigenvalue weighted by molar-refractivity contribution is 6.44. The first-order valence-electron chi connectivity index (χ1n) is 8.72. The molecule has 0 aromatic heterocycles. The third-order valence-electron chi connectivity index (χ3n) is 5.36. The molecule has 0 amide bonds. The van der Waals surface area contributed by atoms with Crippen molar-refractivity contribution in [2.75, 3.05) is 6.61 Å². The van der Waals surface area contributed by atoms with Gasteiger partial charge in [0.1, 0.15) is 17.5 Å². The molecule has 0 aromatic rings. The molecule has 1 heterocycles. The summed E-state index contributed by atoms with van der Waals surface area (Å²) in [7, 11) is 0. The molecule has 26 heavy (non-hydrogen) atoms. The maximum Gasteiger partial charge on any atom is 0.208 e. The van der Waals surface area contributed by atoms with Gasteiger partial charge in [-0.2, -0.15) is 0 Å². The maximum atomic E-state index is 12.2. The zero-order chi connectivity index (χ0) is 19.9. The summed E-state index contributed by atoms with van der Waals surface area (Å²) in [4.78, 5) is 12.2. The number of Topliss-reactive ketones (excluding diaryl/α,β-unsaturated/α-hetero) is 1. The van der Waals surface area contributed by atoms with Crippen molar-refractivity contribution in [3.8, 4) is 0 Å². The van der Waals surface area contributed by atoms with Crippen LogP contribution in [0.4, 0.5) is 0 Å². The fraction of sp³-hybridized carbons (Fsp3) is 0.632. The summed E-state index contributed by atoms with van der Waals surface area (Å²) in [6.45, 7) is 6.53. The summed E-state index contributed by atoms with van der Waals surface area (Å²) in [5, 5.41) is 41.0. The fourth-order valence-electron chi connectivity index (χ4n) is 3.19. The number of halogens is 1. The molecule has 0 aromatic carbocycles. The van der Waals surface area contributed by atoms with Crippen molar-refractivity contribution in [1.82, 2.24) is 0 Å². The number of aliphatic hydroxyl groups excluding tert-OH is 2. The van der Waals surface area contributed by atoms with E-state index in [1.165, 1.54) is 32.1 Å². The first-order valence-corrected chi connectivity index (χ1v) is 9.10. The van der Waals surface area contributed by atoms with Crippen molar-refractivity contribution in [1.29, 1.82) is 0 Å². The van der Waals surface area contributed by atoms with Gasteiger partial charge < -0.3 is 25.2 Å². The van der Waals surface area contributed by atoms with E-state index < -0.39 is 35.1 Å². The van der Waals surface area contributed by atoms with Crippen LogP contribution in [-0.2, 0) is 9.53 Å². The Morgan fingerprint density at radius 1 is 1.54 bits per heavy atom. The number of ketones is 1. The van der Waals surface area contributed by atoms with Gasteiger partial charge in [-0.25, -0.2) is 0 Å². The molecule has 0 saturated carbocycles. The first-order chi connectivity index (χ1) is 11.9. The van der Waals surface area contributed by atoms with E-state index in [0.717, 1.165) is 0 Å². The molecule has 0 radical (unpaired) electrons. The van der Waals surface area contributed by atoms with Crippen LogP contribution in [0, 0.1) is 11.8 Å². The lowest BCUT2D eigenvalue weighted by atomic mass is 9.75. The molecule has 0 fully saturated rings. The summed E-state index contributed by atoms with van der Waals surface area (Å²) < 4.78 is 5.56. The van der Waals surface area contributed by atoms with Gasteiger partial charge in [0, 0.05) is 5.92 Å². The molecular formula is C19H27ClO6. The summed E-state index contributed by atoms with van der Waals surface area (Å²) >= 11 is 6.10. The van der Waals surface area contributed by atoms with Gasteiger partial charge >= 0.3 is 0 Å². The van der Waals surface area contributed by atoms with Gasteiger partial charge in [-0.1, -0.05) is 31.9 Å². The van der Waals surface area contributed by atoms with E-state index in [4.69, 9.17) is 16.3 Å². The van der Waals surface area contributed by atoms with E-state index in [1.54, 1.807) is 0 Å². The van der Waals surface area contributed by atoms with E-state index in [2.05, 4.69) is 0 Å². The third-order valence-corrected chi connectivity index (χ3v) is 5.75. The molecule has 0 spiro atoms. The van der Waals surface area contributed by atoms with Crippen molar-refractivity contribution in [2.45, 2.75) is 57.5 Å². The Morgan fingerprint density at radius 3 is 2.73 bits per heavy atom. The quantitative estimate of drug-likeness (QED) is 0.569. The van der Waals surface area contributed by atoms with E-state index >= 15 is 0 Å². The molecule has 0 bridgehead atoms. The molecule has 1 aliphatic carbocycles. The van der Waals surface area contributed by atoms with Crippen LogP contribution in [0.3, 0.4) is 0 Å². The monoisotopic (exact) mass is 386 g/mol. The fourth-order valence-corrected chi connectivity index (χ4v) is 3.58. The van der Waals surface area contributed by atoms with Crippen LogP contribution in [0.2, 0.25) is 0 Å². The van der Waals surface area contributed by atoms with Gasteiger partial charge in [0.2, 0.25) is 5.78 Å². The second-order valence-corrected chi connectivity index (χ2v) is 7.92. The van der Waals surface area contributed by atoms with Crippen LogP contribution in [0.5, 0.6) is 0 Å². The number of rotatable bonds is 5. The lowest BCUT2D eigenvalue weighted by Crippen LogP contribution is -2.55. The molecule has 4 unspecified atom stereocenters. The maximum absolute atomic E-state index is 12.2. The summed E-state index contributed by atoms with van der Waals surface area (Å²) in [5.74, 6) is -1.12. The number of carbonyl (C=O) groups excluding carboxylic acids is 1. The smallest absolute Gasteiger partial charge is 0.208 e. The number of ether oxygens (including phenoxy) is 1. The number of fused-ring (bicyclic) bond motifs is 1. The largest absolute Gasteiger partial charge is 0.493 e. The van der Waals surface area contributed by atoms with Crippen LogP contribution in [-0.4, -0.2) is 56.2 Å². The SMILES string of the molecule is CCC(C)C(O)C(C)(O)/C=C/C1=CC2=C(Cl)C(=O)C(C)(O)[C@@H](O)[C@@H]2CO1. The lowest BCUT2D eigenvalue weighted by molar-refractivity contribution is -0.150. The standard InChI is InChI=1S/C19H27ClO6/c1-5-10(2)15(21)18(3,24)7-6-11-8-12-13(9-26-11)16(22)19(4,25)17(23)14(12)20/h6-8,10,13,15-16,21-22,24-25H,5,9H2,1-4H3/b7-6+/t10?,13-,15?,16+,18?,19?/m1/s1. The van der Waals surface area contributed by atoms with Crippen molar-refractivity contribution < 1.29 is 30.0 Å². The lowest BCUT2D eigenvalue weighted by Gasteiger charge is -2.40. The van der Waals surface area contributed by atoms with Crippen molar-refractivity contribution in [2.24, 2.45) is 11.8 Å².